The molecule has 26 heteroatoms. The summed E-state index contributed by atoms with van der Waals surface area (Å²) >= 11 is 0. The van der Waals surface area contributed by atoms with Crippen LogP contribution in [0.25, 0.3) is 0 Å². The molecule has 8 amide bonds. The minimum atomic E-state index is -0.815. The molecular weight excluding hydrogens is 1400 g/mol. The van der Waals surface area contributed by atoms with Crippen LogP contribution in [0.4, 0.5) is 19.2 Å². The Morgan fingerprint density at radius 2 is 0.511 bits per heavy atom. The van der Waals surface area contributed by atoms with Gasteiger partial charge in [-0.05, 0) is 150 Å². The van der Waals surface area contributed by atoms with Crippen molar-refractivity contribution in [2.24, 2.45) is 71.0 Å². The summed E-state index contributed by atoms with van der Waals surface area (Å²) in [7, 11) is 0. The van der Waals surface area contributed by atoms with Crippen LogP contribution in [0.15, 0.2) is 0 Å². The Balaban J connectivity index is 0.000000325. The van der Waals surface area contributed by atoms with Gasteiger partial charge in [0.2, 0.25) is 0 Å². The zero-order valence-corrected chi connectivity index (χ0v) is 61.6. The zero-order chi connectivity index (χ0) is 68.6. The normalized spacial score (nSPS) is 30.7. The van der Waals surface area contributed by atoms with Gasteiger partial charge in [-0.15, -0.1) is 0 Å². The Hall–Kier alpha value is -4.47. The third-order valence-corrected chi connectivity index (χ3v) is 20.0. The van der Waals surface area contributed by atoms with E-state index < -0.39 is 72.2 Å². The van der Waals surface area contributed by atoms with E-state index in [0.717, 1.165) is 71.0 Å². The van der Waals surface area contributed by atoms with Crippen LogP contribution in [0.1, 0.15) is 188 Å². The van der Waals surface area contributed by atoms with Gasteiger partial charge in [0.15, 0.2) is 23.1 Å². The summed E-state index contributed by atoms with van der Waals surface area (Å²) in [5.74, 6) is 2.98. The third-order valence-electron chi connectivity index (χ3n) is 20.0. The average Bonchev–Trinajstić information content (AvgIpc) is 1.64. The average molecular weight is 1510 g/mol. The first-order chi connectivity index (χ1) is 43.2. The van der Waals surface area contributed by atoms with Crippen LogP contribution in [-0.2, 0) is 115 Å². The predicted molar refractivity (Wildman–Crippen MR) is 335 cm³/mol. The fraction of sp³-hybridized carbons (Fsp3) is 0.824. The molecule has 8 aliphatic rings. The number of hydrogen-bond donors (Lipinski definition) is 0. The van der Waals surface area contributed by atoms with Crippen molar-refractivity contribution < 1.29 is 134 Å². The van der Waals surface area contributed by atoms with E-state index in [4.69, 9.17) is 37.9 Å². The topological polar surface area (TPSA) is 292 Å². The Morgan fingerprint density at radius 1 is 0.340 bits per heavy atom. The summed E-state index contributed by atoms with van der Waals surface area (Å²) in [6.07, 6.45) is 9.91. The number of ketones is 4. The molecule has 16 atom stereocenters. The van der Waals surface area contributed by atoms with Gasteiger partial charge in [0.05, 0.1) is 24.4 Å². The van der Waals surface area contributed by atoms with E-state index in [0.29, 0.717) is 71.0 Å². The van der Waals surface area contributed by atoms with Crippen LogP contribution < -0.4 is 0 Å². The summed E-state index contributed by atoms with van der Waals surface area (Å²) < 4.78 is 42.7. The smallest absolute Gasteiger partial charge is 0.417 e. The van der Waals surface area contributed by atoms with Crippen molar-refractivity contribution in [2.75, 3.05) is 52.9 Å². The van der Waals surface area contributed by atoms with Gasteiger partial charge < -0.3 is 37.9 Å². The van der Waals surface area contributed by atoms with Crippen molar-refractivity contribution in [3.63, 3.8) is 0 Å². The Kier molecular flexibility index (Phi) is 34.9. The molecule has 8 rings (SSSR count). The molecule has 4 saturated carbocycles. The molecule has 0 aromatic heterocycles. The third kappa shape index (κ3) is 23.3. The quantitative estimate of drug-likeness (QED) is 0.0809. The number of imide groups is 4. The minimum absolute atomic E-state index is 0. The standard InChI is InChI=1S/4C17H27NO5.2Rh/c4*1-10(2)13-6-5-11(3)7-15(13)22-9-16(20)18-14(12(4)19)8-23-17(18)21;;/h4*10-11,13-15H,5-9H2,1-4H3;;/t4*11-,13+,14+,15-;;/m1111../s1. The largest absolute Gasteiger partial charge is 0.446 e. The molecule has 0 N–H and O–H groups in total. The molecule has 2 radical (unpaired) electrons. The second-order valence-corrected chi connectivity index (χ2v) is 28.6. The van der Waals surface area contributed by atoms with Gasteiger partial charge in [-0.3, -0.25) is 38.4 Å². The van der Waals surface area contributed by atoms with Crippen molar-refractivity contribution in [2.45, 2.75) is 236 Å². The van der Waals surface area contributed by atoms with E-state index in [9.17, 15) is 57.5 Å². The summed E-state index contributed by atoms with van der Waals surface area (Å²) in [5, 5.41) is 0. The van der Waals surface area contributed by atoms with Gasteiger partial charge in [-0.2, -0.15) is 0 Å². The molecule has 0 aromatic rings. The van der Waals surface area contributed by atoms with Crippen LogP contribution >= 0.6 is 0 Å². The van der Waals surface area contributed by atoms with E-state index in [-0.39, 0.29) is 139 Å². The van der Waals surface area contributed by atoms with Crippen molar-refractivity contribution in [1.29, 1.82) is 0 Å². The minimum Gasteiger partial charge on any atom is -0.446 e. The number of rotatable bonds is 20. The molecule has 0 spiro atoms. The monoisotopic (exact) mass is 1510 g/mol. The number of amides is 8. The molecule has 4 saturated heterocycles. The number of ether oxygens (including phenoxy) is 8. The van der Waals surface area contributed by atoms with E-state index in [1.165, 1.54) is 53.4 Å². The second kappa shape index (κ2) is 39.2. The van der Waals surface area contributed by atoms with Crippen molar-refractivity contribution in [1.82, 2.24) is 19.6 Å². The summed E-state index contributed by atoms with van der Waals surface area (Å²) in [6.45, 7) is 30.6. The molecule has 0 bridgehead atoms. The van der Waals surface area contributed by atoms with E-state index in [2.05, 4.69) is 83.1 Å². The molecule has 4 aliphatic carbocycles. The van der Waals surface area contributed by atoms with Gasteiger partial charge in [-0.1, -0.05) is 109 Å². The van der Waals surface area contributed by atoms with E-state index >= 15 is 0 Å². The van der Waals surface area contributed by atoms with Crippen LogP contribution in [-0.4, -0.2) is 192 Å². The fourth-order valence-corrected chi connectivity index (χ4v) is 14.2. The zero-order valence-electron chi connectivity index (χ0n) is 58.3. The predicted octanol–water partition coefficient (Wildman–Crippen LogP) is 9.60. The summed E-state index contributed by atoms with van der Waals surface area (Å²) in [4.78, 5) is 146. The molecule has 4 aliphatic heterocycles. The molecule has 0 unspecified atom stereocenters. The van der Waals surface area contributed by atoms with Crippen LogP contribution in [0.2, 0.25) is 0 Å². The van der Waals surface area contributed by atoms with Gasteiger partial charge in [0.1, 0.15) is 77.0 Å². The van der Waals surface area contributed by atoms with Gasteiger partial charge in [0, 0.05) is 39.0 Å². The van der Waals surface area contributed by atoms with Crippen LogP contribution in [0.5, 0.6) is 0 Å². The molecule has 8 fully saturated rings. The van der Waals surface area contributed by atoms with E-state index in [1.807, 2.05) is 0 Å². The maximum atomic E-state index is 12.3. The second-order valence-electron chi connectivity index (χ2n) is 28.6. The number of hydrogen-bond acceptors (Lipinski definition) is 20. The van der Waals surface area contributed by atoms with Crippen molar-refractivity contribution in [3.8, 4) is 0 Å². The first-order valence-electron chi connectivity index (χ1n) is 33.7. The maximum absolute atomic E-state index is 12.3. The van der Waals surface area contributed by atoms with Crippen LogP contribution in [0.3, 0.4) is 0 Å². The molecule has 94 heavy (non-hydrogen) atoms. The molecule has 24 nitrogen and oxygen atoms in total. The van der Waals surface area contributed by atoms with Crippen molar-refractivity contribution >= 4 is 71.1 Å². The number of Topliss-reactive ketones (excluding diaryl/α,β-unsaturated/α-hetero) is 4. The number of carbonyl (C=O) groups excluding carboxylic acids is 12. The Morgan fingerprint density at radius 3 is 0.660 bits per heavy atom. The van der Waals surface area contributed by atoms with Gasteiger partial charge >= 0.3 is 24.4 Å². The maximum Gasteiger partial charge on any atom is 0.417 e. The number of nitrogens with zero attached hydrogens (tertiary/aromatic N) is 4. The molecule has 538 valence electrons. The number of cyclic esters (lactones) is 4. The Labute approximate surface area is 582 Å². The SMILES string of the molecule is CC(=O)[C@@H]1COC(=O)N1C(=O)CO[C@@H]1C[C@H](C)CC[C@H]1C(C)C.CC(=O)[C@@H]1COC(=O)N1C(=O)CO[C@@H]1C[C@H](C)CC[C@H]1C(C)C.CC(=O)[C@@H]1COC(=O)N1C(=O)CO[C@@H]1C[C@H](C)CC[C@H]1C(C)C.CC(=O)[C@@H]1COC(=O)N1C(=O)CO[C@@H]1C[C@H](C)CC[C@H]1C(C)C.[Rh].[Rh]. The summed E-state index contributed by atoms with van der Waals surface area (Å²) in [6, 6.07) is -3.26. The first kappa shape index (κ1) is 83.8. The van der Waals surface area contributed by atoms with Crippen LogP contribution in [0, 0.1) is 71.0 Å². The molecule has 0 aromatic carbocycles. The first-order valence-corrected chi connectivity index (χ1v) is 33.7. The summed E-state index contributed by atoms with van der Waals surface area (Å²) in [5.41, 5.74) is 0. The van der Waals surface area contributed by atoms with E-state index in [1.54, 1.807) is 0 Å². The van der Waals surface area contributed by atoms with Gasteiger partial charge in [-0.25, -0.2) is 38.8 Å². The Bertz CT molecular complexity index is 2260. The van der Waals surface area contributed by atoms with Gasteiger partial charge in [0.25, 0.3) is 23.6 Å². The molecule has 4 heterocycles. The fourth-order valence-electron chi connectivity index (χ4n) is 14.2. The molecular formula is C68H108N4O20Rh2. The number of carbonyl (C=O) groups is 12. The van der Waals surface area contributed by atoms with Crippen molar-refractivity contribution in [3.05, 3.63) is 0 Å².